The Balaban J connectivity index is 1.55. The van der Waals surface area contributed by atoms with E-state index in [0.29, 0.717) is 18.6 Å². The normalized spacial score (nSPS) is 18.9. The SMILES string of the molecule is CCOc1ccc(C2=NN3[C@@H](C2)c2ccccc2O[C@H]3c2ccc(Cl)c([N+](=O)[O-])c2)cc1. The Morgan fingerprint density at radius 3 is 2.72 bits per heavy atom. The number of rotatable bonds is 5. The highest BCUT2D eigenvalue weighted by atomic mass is 35.5. The quantitative estimate of drug-likeness (QED) is 0.358. The van der Waals surface area contributed by atoms with E-state index in [0.717, 1.165) is 28.3 Å². The number of nitrogens with zero attached hydrogens (tertiary/aromatic N) is 3. The van der Waals surface area contributed by atoms with Crippen LogP contribution >= 0.6 is 11.6 Å². The van der Waals surface area contributed by atoms with Gasteiger partial charge in [0.05, 0.1) is 23.3 Å². The fourth-order valence-electron chi connectivity index (χ4n) is 4.16. The van der Waals surface area contributed by atoms with Crippen molar-refractivity contribution >= 4 is 23.0 Å². The van der Waals surface area contributed by atoms with Gasteiger partial charge >= 0.3 is 0 Å². The molecule has 0 aliphatic carbocycles. The molecule has 7 nitrogen and oxygen atoms in total. The lowest BCUT2D eigenvalue weighted by molar-refractivity contribution is -0.384. The summed E-state index contributed by atoms with van der Waals surface area (Å²) >= 11 is 6.03. The Bertz CT molecular complexity index is 1210. The van der Waals surface area contributed by atoms with Crippen LogP contribution in [-0.2, 0) is 0 Å². The van der Waals surface area contributed by atoms with Crippen LogP contribution in [0.2, 0.25) is 5.02 Å². The van der Waals surface area contributed by atoms with Crippen molar-refractivity contribution < 1.29 is 14.4 Å². The summed E-state index contributed by atoms with van der Waals surface area (Å²) in [6, 6.07) is 20.4. The number of hydrogen-bond donors (Lipinski definition) is 0. The Morgan fingerprint density at radius 1 is 1.19 bits per heavy atom. The number of benzene rings is 3. The Morgan fingerprint density at radius 2 is 1.97 bits per heavy atom. The minimum atomic E-state index is -0.605. The zero-order chi connectivity index (χ0) is 22.2. The first kappa shape index (κ1) is 20.3. The van der Waals surface area contributed by atoms with Gasteiger partial charge in [-0.15, -0.1) is 0 Å². The van der Waals surface area contributed by atoms with E-state index in [2.05, 4.69) is 0 Å². The van der Waals surface area contributed by atoms with E-state index in [1.54, 1.807) is 6.07 Å². The van der Waals surface area contributed by atoms with Gasteiger partial charge in [0, 0.05) is 23.6 Å². The van der Waals surface area contributed by atoms with Crippen molar-refractivity contribution in [2.24, 2.45) is 5.10 Å². The first-order valence-corrected chi connectivity index (χ1v) is 10.7. The van der Waals surface area contributed by atoms with Gasteiger partial charge in [0.2, 0.25) is 6.23 Å². The Hall–Kier alpha value is -3.58. The molecule has 3 aromatic carbocycles. The zero-order valence-corrected chi connectivity index (χ0v) is 18.0. The first-order chi connectivity index (χ1) is 15.5. The number of ether oxygens (including phenoxy) is 2. The van der Waals surface area contributed by atoms with Crippen LogP contribution in [0.15, 0.2) is 71.8 Å². The summed E-state index contributed by atoms with van der Waals surface area (Å²) in [5, 5.41) is 18.3. The lowest BCUT2D eigenvalue weighted by atomic mass is 9.96. The molecule has 2 aliphatic heterocycles. The summed E-state index contributed by atoms with van der Waals surface area (Å²) in [5.74, 6) is 1.56. The van der Waals surface area contributed by atoms with Crippen LogP contribution < -0.4 is 9.47 Å². The molecule has 0 saturated heterocycles. The van der Waals surface area contributed by atoms with Gasteiger partial charge in [0.25, 0.3) is 5.69 Å². The van der Waals surface area contributed by atoms with Crippen LogP contribution in [0.1, 0.15) is 42.3 Å². The maximum absolute atomic E-state index is 11.4. The fraction of sp³-hybridized carbons (Fsp3) is 0.208. The number of halogens is 1. The lowest BCUT2D eigenvalue weighted by Crippen LogP contribution is -2.33. The van der Waals surface area contributed by atoms with Gasteiger partial charge in [-0.2, -0.15) is 5.10 Å². The van der Waals surface area contributed by atoms with Crippen LogP contribution in [0.4, 0.5) is 5.69 Å². The summed E-state index contributed by atoms with van der Waals surface area (Å²) in [5.41, 5.74) is 3.43. The Labute approximate surface area is 190 Å². The maximum atomic E-state index is 11.4. The van der Waals surface area contributed by atoms with E-state index in [1.807, 2.05) is 60.5 Å². The lowest BCUT2D eigenvalue weighted by Gasteiger charge is -2.38. The predicted octanol–water partition coefficient (Wildman–Crippen LogP) is 5.89. The van der Waals surface area contributed by atoms with Crippen LogP contribution in [0.3, 0.4) is 0 Å². The van der Waals surface area contributed by atoms with E-state index in [-0.39, 0.29) is 16.8 Å². The Kier molecular flexibility index (Phi) is 5.19. The van der Waals surface area contributed by atoms with Gasteiger partial charge in [-0.3, -0.25) is 10.1 Å². The molecule has 0 radical (unpaired) electrons. The number of para-hydroxylation sites is 1. The van der Waals surface area contributed by atoms with Crippen molar-refractivity contribution in [3.63, 3.8) is 0 Å². The number of nitro groups is 1. The second-order valence-corrected chi connectivity index (χ2v) is 7.99. The molecule has 3 aromatic rings. The van der Waals surface area contributed by atoms with E-state index in [9.17, 15) is 10.1 Å². The first-order valence-electron chi connectivity index (χ1n) is 10.3. The van der Waals surface area contributed by atoms with Gasteiger partial charge < -0.3 is 9.47 Å². The van der Waals surface area contributed by atoms with Crippen LogP contribution in [-0.4, -0.2) is 22.3 Å². The van der Waals surface area contributed by atoms with Crippen molar-refractivity contribution in [1.82, 2.24) is 5.01 Å². The number of nitro benzene ring substituents is 1. The predicted molar refractivity (Wildman–Crippen MR) is 121 cm³/mol. The minimum absolute atomic E-state index is 0.0405. The molecular formula is C24H20ClN3O4. The molecular weight excluding hydrogens is 430 g/mol. The third kappa shape index (κ3) is 3.54. The summed E-state index contributed by atoms with van der Waals surface area (Å²) in [6.07, 6.45) is 0.0895. The van der Waals surface area contributed by atoms with E-state index in [4.69, 9.17) is 26.2 Å². The molecule has 0 amide bonds. The van der Waals surface area contributed by atoms with Crippen molar-refractivity contribution in [1.29, 1.82) is 0 Å². The molecule has 0 aromatic heterocycles. The average molecular weight is 450 g/mol. The molecule has 2 heterocycles. The summed E-state index contributed by atoms with van der Waals surface area (Å²) in [7, 11) is 0. The third-order valence-electron chi connectivity index (χ3n) is 5.65. The van der Waals surface area contributed by atoms with Crippen LogP contribution in [0.5, 0.6) is 11.5 Å². The molecule has 0 N–H and O–H groups in total. The van der Waals surface area contributed by atoms with Crippen molar-refractivity contribution in [2.75, 3.05) is 6.61 Å². The number of fused-ring (bicyclic) bond motifs is 3. The fourth-order valence-corrected chi connectivity index (χ4v) is 4.35. The van der Waals surface area contributed by atoms with Gasteiger partial charge in [0.1, 0.15) is 16.5 Å². The molecule has 0 saturated carbocycles. The number of hydrogen-bond acceptors (Lipinski definition) is 6. The van der Waals surface area contributed by atoms with Gasteiger partial charge in [-0.1, -0.05) is 35.9 Å². The van der Waals surface area contributed by atoms with Crippen LogP contribution in [0, 0.1) is 10.1 Å². The molecule has 2 atom stereocenters. The van der Waals surface area contributed by atoms with Gasteiger partial charge in [0.15, 0.2) is 0 Å². The second-order valence-electron chi connectivity index (χ2n) is 7.58. The highest BCUT2D eigenvalue weighted by Crippen LogP contribution is 2.48. The van der Waals surface area contributed by atoms with E-state index >= 15 is 0 Å². The second kappa shape index (κ2) is 8.16. The van der Waals surface area contributed by atoms with Crippen molar-refractivity contribution in [3.8, 4) is 11.5 Å². The molecule has 0 spiro atoms. The largest absolute Gasteiger partial charge is 0.494 e. The molecule has 5 rings (SSSR count). The van der Waals surface area contributed by atoms with Crippen molar-refractivity contribution in [2.45, 2.75) is 25.6 Å². The minimum Gasteiger partial charge on any atom is -0.494 e. The van der Waals surface area contributed by atoms with E-state index < -0.39 is 11.2 Å². The van der Waals surface area contributed by atoms with Crippen LogP contribution in [0.25, 0.3) is 0 Å². The van der Waals surface area contributed by atoms with E-state index in [1.165, 1.54) is 12.1 Å². The zero-order valence-electron chi connectivity index (χ0n) is 17.3. The molecule has 8 heteroatoms. The summed E-state index contributed by atoms with van der Waals surface area (Å²) in [6.45, 7) is 2.56. The third-order valence-corrected chi connectivity index (χ3v) is 5.97. The van der Waals surface area contributed by atoms with Crippen molar-refractivity contribution in [3.05, 3.63) is 98.6 Å². The number of hydrazone groups is 1. The highest BCUT2D eigenvalue weighted by Gasteiger charge is 2.41. The molecule has 162 valence electrons. The molecule has 0 fully saturated rings. The topological polar surface area (TPSA) is 77.2 Å². The van der Waals surface area contributed by atoms with Gasteiger partial charge in [-0.05, 0) is 48.9 Å². The summed E-state index contributed by atoms with van der Waals surface area (Å²) < 4.78 is 11.8. The highest BCUT2D eigenvalue weighted by molar-refractivity contribution is 6.32. The van der Waals surface area contributed by atoms with Gasteiger partial charge in [-0.25, -0.2) is 5.01 Å². The molecule has 0 bridgehead atoms. The smallest absolute Gasteiger partial charge is 0.288 e. The molecule has 32 heavy (non-hydrogen) atoms. The molecule has 2 aliphatic rings. The maximum Gasteiger partial charge on any atom is 0.288 e. The monoisotopic (exact) mass is 449 g/mol. The molecule has 0 unspecified atom stereocenters. The standard InChI is InChI=1S/C24H20ClN3O4/c1-2-31-17-10-7-15(8-11-17)20-14-21-18-5-3-4-6-23(18)32-24(27(21)26-20)16-9-12-19(25)22(13-16)28(29)30/h3-13,21,24H,2,14H2,1H3/t21-,24-/m0/s1. The average Bonchev–Trinajstić information content (AvgIpc) is 3.25. The summed E-state index contributed by atoms with van der Waals surface area (Å²) in [4.78, 5) is 10.9.